The zero-order valence-electron chi connectivity index (χ0n) is 18.9. The van der Waals surface area contributed by atoms with E-state index in [0.29, 0.717) is 40.3 Å². The van der Waals surface area contributed by atoms with Crippen LogP contribution in [0.15, 0.2) is 77.8 Å². The summed E-state index contributed by atoms with van der Waals surface area (Å²) >= 11 is 7.24. The first-order valence-corrected chi connectivity index (χ1v) is 12.2. The van der Waals surface area contributed by atoms with Crippen LogP contribution in [0.3, 0.4) is 0 Å². The molecule has 0 radical (unpaired) electrons. The Bertz CT molecular complexity index is 1220. The maximum atomic E-state index is 13.3. The number of hydrogen-bond acceptors (Lipinski definition) is 5. The van der Waals surface area contributed by atoms with E-state index >= 15 is 0 Å². The number of methoxy groups -OCH3 is 1. The lowest BCUT2D eigenvalue weighted by Crippen LogP contribution is -2.35. The van der Waals surface area contributed by atoms with E-state index in [2.05, 4.69) is 10.3 Å². The van der Waals surface area contributed by atoms with E-state index in [1.54, 1.807) is 24.1 Å². The van der Waals surface area contributed by atoms with Crippen molar-refractivity contribution in [2.45, 2.75) is 18.1 Å². The van der Waals surface area contributed by atoms with Crippen molar-refractivity contribution in [1.82, 2.24) is 4.90 Å². The molecule has 1 N–H and O–H groups in total. The van der Waals surface area contributed by atoms with Crippen LogP contribution >= 0.6 is 23.4 Å². The number of aliphatic imine (C=N–C) groups is 1. The molecule has 1 fully saturated rings. The van der Waals surface area contributed by atoms with Gasteiger partial charge in [-0.3, -0.25) is 14.5 Å². The Balaban J connectivity index is 1.50. The average molecular weight is 512 g/mol. The van der Waals surface area contributed by atoms with Crippen LogP contribution in [0, 0.1) is 5.82 Å². The zero-order valence-corrected chi connectivity index (χ0v) is 20.5. The van der Waals surface area contributed by atoms with Crippen LogP contribution in [0.1, 0.15) is 12.0 Å². The summed E-state index contributed by atoms with van der Waals surface area (Å²) in [6.45, 7) is 0.415. The highest BCUT2D eigenvalue weighted by Crippen LogP contribution is 2.32. The van der Waals surface area contributed by atoms with E-state index in [1.807, 2.05) is 36.4 Å². The van der Waals surface area contributed by atoms with Crippen LogP contribution in [0.4, 0.5) is 15.8 Å². The van der Waals surface area contributed by atoms with Gasteiger partial charge in [0.05, 0.1) is 12.8 Å². The standard InChI is InChI=1S/C26H23ClFN3O3S/c1-34-22-12-10-21(11-13-22)30-26-31(15-14-17-2-4-18(27)5-3-17)25(33)23(35-26)16-24(32)29-20-8-6-19(28)7-9-20/h2-13,23H,14-16H2,1H3,(H,29,32)/t23-/m1/s1. The fourth-order valence-electron chi connectivity index (χ4n) is 3.50. The molecular weight excluding hydrogens is 489 g/mol. The summed E-state index contributed by atoms with van der Waals surface area (Å²) in [5, 5.41) is 3.29. The molecule has 180 valence electrons. The molecule has 4 rings (SSSR count). The smallest absolute Gasteiger partial charge is 0.242 e. The molecule has 0 saturated carbocycles. The molecule has 1 atom stereocenters. The first kappa shape index (κ1) is 24.8. The number of rotatable bonds is 8. The zero-order chi connectivity index (χ0) is 24.8. The number of amides is 2. The van der Waals surface area contributed by atoms with Gasteiger partial charge in [0.15, 0.2) is 5.17 Å². The highest BCUT2D eigenvalue weighted by atomic mass is 35.5. The molecule has 1 aliphatic rings. The minimum atomic E-state index is -0.613. The Labute approximate surface area is 212 Å². The molecule has 6 nitrogen and oxygen atoms in total. The predicted molar refractivity (Wildman–Crippen MR) is 138 cm³/mol. The minimum absolute atomic E-state index is 0.0278. The van der Waals surface area contributed by atoms with Gasteiger partial charge in [-0.15, -0.1) is 0 Å². The van der Waals surface area contributed by atoms with Gasteiger partial charge in [-0.05, 0) is 72.6 Å². The van der Waals surface area contributed by atoms with Crippen molar-refractivity contribution >= 4 is 51.7 Å². The summed E-state index contributed by atoms with van der Waals surface area (Å²) in [7, 11) is 1.59. The quantitative estimate of drug-likeness (QED) is 0.421. The summed E-state index contributed by atoms with van der Waals surface area (Å²) in [5.41, 5.74) is 2.18. The molecule has 2 amide bonds. The van der Waals surface area contributed by atoms with Crippen molar-refractivity contribution in [1.29, 1.82) is 0 Å². The molecule has 1 heterocycles. The molecule has 0 unspecified atom stereocenters. The van der Waals surface area contributed by atoms with Crippen molar-refractivity contribution in [3.63, 3.8) is 0 Å². The van der Waals surface area contributed by atoms with Crippen LogP contribution < -0.4 is 10.1 Å². The van der Waals surface area contributed by atoms with Gasteiger partial charge >= 0.3 is 0 Å². The number of ether oxygens (including phenoxy) is 1. The molecule has 3 aromatic carbocycles. The van der Waals surface area contributed by atoms with Crippen LogP contribution in [0.25, 0.3) is 0 Å². The Morgan fingerprint density at radius 3 is 2.43 bits per heavy atom. The number of nitrogens with one attached hydrogen (secondary N) is 1. The monoisotopic (exact) mass is 511 g/mol. The van der Waals surface area contributed by atoms with Crippen molar-refractivity contribution < 1.29 is 18.7 Å². The molecule has 0 aromatic heterocycles. The highest BCUT2D eigenvalue weighted by Gasteiger charge is 2.39. The topological polar surface area (TPSA) is 71.0 Å². The maximum Gasteiger partial charge on any atom is 0.242 e. The summed E-state index contributed by atoms with van der Waals surface area (Å²) < 4.78 is 18.3. The van der Waals surface area contributed by atoms with E-state index in [-0.39, 0.29) is 24.1 Å². The fourth-order valence-corrected chi connectivity index (χ4v) is 4.81. The predicted octanol–water partition coefficient (Wildman–Crippen LogP) is 5.69. The fraction of sp³-hybridized carbons (Fsp3) is 0.192. The molecule has 0 aliphatic carbocycles. The Morgan fingerprint density at radius 1 is 1.09 bits per heavy atom. The largest absolute Gasteiger partial charge is 0.497 e. The number of hydrogen-bond donors (Lipinski definition) is 1. The number of anilines is 1. The third-order valence-electron chi connectivity index (χ3n) is 5.35. The number of nitrogens with zero attached hydrogens (tertiary/aromatic N) is 2. The van der Waals surface area contributed by atoms with Gasteiger partial charge in [-0.25, -0.2) is 9.38 Å². The van der Waals surface area contributed by atoms with Gasteiger partial charge in [0.1, 0.15) is 16.8 Å². The van der Waals surface area contributed by atoms with Crippen LogP contribution in [-0.2, 0) is 16.0 Å². The second kappa shape index (κ2) is 11.4. The van der Waals surface area contributed by atoms with E-state index in [9.17, 15) is 14.0 Å². The van der Waals surface area contributed by atoms with Crippen molar-refractivity contribution in [3.05, 3.63) is 89.2 Å². The lowest BCUT2D eigenvalue weighted by atomic mass is 10.1. The molecule has 35 heavy (non-hydrogen) atoms. The summed E-state index contributed by atoms with van der Waals surface area (Å²) in [5.74, 6) is -0.185. The molecule has 1 aliphatic heterocycles. The lowest BCUT2D eigenvalue weighted by molar-refractivity contribution is -0.128. The van der Waals surface area contributed by atoms with Gasteiger partial charge in [0, 0.05) is 23.7 Å². The summed E-state index contributed by atoms with van der Waals surface area (Å²) in [6, 6.07) is 20.2. The number of benzene rings is 3. The molecule has 9 heteroatoms. The van der Waals surface area contributed by atoms with Gasteiger partial charge in [0.2, 0.25) is 11.8 Å². The van der Waals surface area contributed by atoms with E-state index in [4.69, 9.17) is 16.3 Å². The first-order chi connectivity index (χ1) is 16.9. The summed E-state index contributed by atoms with van der Waals surface area (Å²) in [6.07, 6.45) is 0.583. The average Bonchev–Trinajstić information content (AvgIpc) is 3.14. The number of carbonyl (C=O) groups is 2. The Hall–Kier alpha value is -3.36. The molecule has 0 bridgehead atoms. The Morgan fingerprint density at radius 2 is 1.77 bits per heavy atom. The van der Waals surface area contributed by atoms with E-state index < -0.39 is 5.25 Å². The van der Waals surface area contributed by atoms with Crippen LogP contribution in [0.2, 0.25) is 5.02 Å². The highest BCUT2D eigenvalue weighted by molar-refractivity contribution is 8.15. The van der Waals surface area contributed by atoms with Gasteiger partial charge < -0.3 is 10.1 Å². The molecular formula is C26H23ClFN3O3S. The second-order valence-corrected chi connectivity index (χ2v) is 9.43. The van der Waals surface area contributed by atoms with Crippen LogP contribution in [-0.4, -0.2) is 40.8 Å². The normalized spacial score (nSPS) is 16.5. The number of thioether (sulfide) groups is 1. The maximum absolute atomic E-state index is 13.3. The number of carbonyl (C=O) groups excluding carboxylic acids is 2. The molecule has 1 saturated heterocycles. The van der Waals surface area contributed by atoms with Crippen LogP contribution in [0.5, 0.6) is 5.75 Å². The third kappa shape index (κ3) is 6.61. The van der Waals surface area contributed by atoms with Crippen molar-refractivity contribution in [2.24, 2.45) is 4.99 Å². The van der Waals surface area contributed by atoms with Crippen molar-refractivity contribution in [2.75, 3.05) is 19.0 Å². The van der Waals surface area contributed by atoms with Gasteiger partial charge in [0.25, 0.3) is 0 Å². The van der Waals surface area contributed by atoms with E-state index in [1.165, 1.54) is 36.0 Å². The summed E-state index contributed by atoms with van der Waals surface area (Å²) in [4.78, 5) is 32.2. The number of amidine groups is 1. The van der Waals surface area contributed by atoms with Gasteiger partial charge in [-0.1, -0.05) is 35.5 Å². The lowest BCUT2D eigenvalue weighted by Gasteiger charge is -2.16. The second-order valence-electron chi connectivity index (χ2n) is 7.82. The SMILES string of the molecule is COc1ccc(N=C2S[C@H](CC(=O)Nc3ccc(F)cc3)C(=O)N2CCc2ccc(Cl)cc2)cc1. The Kier molecular flexibility index (Phi) is 8.05. The third-order valence-corrected chi connectivity index (χ3v) is 6.78. The molecule has 0 spiro atoms. The minimum Gasteiger partial charge on any atom is -0.497 e. The number of halogens is 2. The molecule has 3 aromatic rings. The first-order valence-electron chi connectivity index (χ1n) is 10.9. The van der Waals surface area contributed by atoms with Crippen molar-refractivity contribution in [3.8, 4) is 5.75 Å². The van der Waals surface area contributed by atoms with E-state index in [0.717, 1.165) is 5.56 Å². The van der Waals surface area contributed by atoms with Gasteiger partial charge in [-0.2, -0.15) is 0 Å².